The molecule has 0 aromatic heterocycles. The van der Waals surface area contributed by atoms with Crippen molar-refractivity contribution in [3.63, 3.8) is 0 Å². The van der Waals surface area contributed by atoms with Crippen molar-refractivity contribution in [2.45, 2.75) is 18.6 Å². The number of hydrogen-bond acceptors (Lipinski definition) is 6. The lowest BCUT2D eigenvalue weighted by molar-refractivity contribution is 0.180. The number of hydrogen-bond donors (Lipinski definition) is 4. The molecule has 2 aliphatic heterocycles. The minimum Gasteiger partial charge on any atom is -0.389 e. The molecule has 0 fully saturated rings. The van der Waals surface area contributed by atoms with E-state index in [1.54, 1.807) is 0 Å². The summed E-state index contributed by atoms with van der Waals surface area (Å²) >= 11 is 0. The van der Waals surface area contributed by atoms with Crippen LogP contribution in [-0.4, -0.2) is 60.3 Å². The topological polar surface area (TPSA) is 89.2 Å². The second kappa shape index (κ2) is 4.59. The molecular weight excluding hydrogens is 196 g/mol. The van der Waals surface area contributed by atoms with Crippen molar-refractivity contribution in [3.8, 4) is 0 Å². The molecule has 2 atom stereocenters. The van der Waals surface area contributed by atoms with Crippen LogP contribution in [-0.2, 0) is 0 Å². The molecule has 0 aromatic carbocycles. The summed E-state index contributed by atoms with van der Waals surface area (Å²) < 4.78 is 0. The third kappa shape index (κ3) is 2.90. The van der Waals surface area contributed by atoms with Gasteiger partial charge >= 0.3 is 0 Å². The summed E-state index contributed by atoms with van der Waals surface area (Å²) in [5.41, 5.74) is 0. The maximum absolute atomic E-state index is 9.22. The van der Waals surface area contributed by atoms with Gasteiger partial charge in [0.05, 0.1) is 31.7 Å². The lowest BCUT2D eigenvalue weighted by atomic mass is 10.2. The first-order valence-electron chi connectivity index (χ1n) is 5.14. The molecule has 2 heterocycles. The highest BCUT2D eigenvalue weighted by Crippen LogP contribution is 1.99. The lowest BCUT2D eigenvalue weighted by Crippen LogP contribution is -2.44. The number of β-amino-alcohol motifs (C(OH)–C–C–N with tert-alkyl or cyclic N) is 2. The molecule has 0 spiro atoms. The van der Waals surface area contributed by atoms with Gasteiger partial charge in [-0.05, 0) is 0 Å². The zero-order chi connectivity index (χ0) is 10.7. The molecule has 2 rings (SSSR count). The largest absolute Gasteiger partial charge is 0.389 e. The van der Waals surface area contributed by atoms with Crippen LogP contribution in [0.1, 0.15) is 6.42 Å². The molecule has 0 radical (unpaired) electrons. The van der Waals surface area contributed by atoms with Crippen LogP contribution in [0, 0.1) is 0 Å². The number of rotatable bonds is 2. The van der Waals surface area contributed by atoms with E-state index in [9.17, 15) is 10.2 Å². The molecule has 0 saturated carbocycles. The van der Waals surface area contributed by atoms with E-state index in [0.29, 0.717) is 32.6 Å². The summed E-state index contributed by atoms with van der Waals surface area (Å²) in [5.74, 6) is 1.70. The fourth-order valence-corrected chi connectivity index (χ4v) is 1.54. The van der Waals surface area contributed by atoms with Gasteiger partial charge in [-0.3, -0.25) is 9.98 Å². The van der Waals surface area contributed by atoms with Crippen molar-refractivity contribution in [2.24, 2.45) is 9.98 Å². The fourth-order valence-electron chi connectivity index (χ4n) is 1.54. The Labute approximate surface area is 88.1 Å². The molecule has 0 saturated heterocycles. The first kappa shape index (κ1) is 10.4. The first-order chi connectivity index (χ1) is 7.24. The average Bonchev–Trinajstić information content (AvgIpc) is 2.25. The smallest absolute Gasteiger partial charge is 0.104 e. The van der Waals surface area contributed by atoms with Crippen molar-refractivity contribution in [2.75, 3.05) is 26.2 Å². The maximum Gasteiger partial charge on any atom is 0.104 e. The van der Waals surface area contributed by atoms with Gasteiger partial charge in [0.1, 0.15) is 11.7 Å². The predicted octanol–water partition coefficient (Wildman–Crippen LogP) is -1.90. The van der Waals surface area contributed by atoms with E-state index in [0.717, 1.165) is 11.7 Å². The molecule has 15 heavy (non-hydrogen) atoms. The Morgan fingerprint density at radius 3 is 1.80 bits per heavy atom. The molecule has 2 unspecified atom stereocenters. The van der Waals surface area contributed by atoms with E-state index in [4.69, 9.17) is 0 Å². The van der Waals surface area contributed by atoms with Crippen molar-refractivity contribution in [1.29, 1.82) is 0 Å². The molecule has 6 nitrogen and oxygen atoms in total. The van der Waals surface area contributed by atoms with E-state index >= 15 is 0 Å². The standard InChI is InChI=1S/C9H16N4O2/c14-6-2-10-8(11-3-6)1-9-12-4-7(15)5-13-9/h6-7,14-15H,1-5H2,(H,10,11)(H,12,13). The number of amidine groups is 2. The molecule has 0 bridgehead atoms. The van der Waals surface area contributed by atoms with Crippen LogP contribution in [0.3, 0.4) is 0 Å². The summed E-state index contributed by atoms with van der Waals surface area (Å²) in [6, 6.07) is 0. The van der Waals surface area contributed by atoms with Gasteiger partial charge in [-0.15, -0.1) is 0 Å². The first-order valence-corrected chi connectivity index (χ1v) is 5.14. The average molecular weight is 212 g/mol. The zero-order valence-electron chi connectivity index (χ0n) is 8.48. The second-order valence-corrected chi connectivity index (χ2v) is 3.82. The Balaban J connectivity index is 1.87. The Morgan fingerprint density at radius 2 is 1.47 bits per heavy atom. The quantitative estimate of drug-likeness (QED) is 0.430. The molecule has 6 heteroatoms. The highest BCUT2D eigenvalue weighted by molar-refractivity contribution is 6.02. The highest BCUT2D eigenvalue weighted by Gasteiger charge is 2.16. The van der Waals surface area contributed by atoms with Crippen molar-refractivity contribution < 1.29 is 10.2 Å². The zero-order valence-corrected chi connectivity index (χ0v) is 8.48. The van der Waals surface area contributed by atoms with Gasteiger partial charge < -0.3 is 20.8 Å². The number of nitrogens with zero attached hydrogens (tertiary/aromatic N) is 2. The van der Waals surface area contributed by atoms with E-state index < -0.39 is 0 Å². The van der Waals surface area contributed by atoms with Crippen LogP contribution >= 0.6 is 0 Å². The summed E-state index contributed by atoms with van der Waals surface area (Å²) in [6.45, 7) is 2.01. The normalized spacial score (nSPS) is 31.1. The van der Waals surface area contributed by atoms with Gasteiger partial charge in [0.2, 0.25) is 0 Å². The molecule has 84 valence electrons. The highest BCUT2D eigenvalue weighted by atomic mass is 16.3. The van der Waals surface area contributed by atoms with Crippen molar-refractivity contribution >= 4 is 11.7 Å². The van der Waals surface area contributed by atoms with Gasteiger partial charge in [-0.1, -0.05) is 0 Å². The van der Waals surface area contributed by atoms with Crippen LogP contribution in [0.2, 0.25) is 0 Å². The van der Waals surface area contributed by atoms with Crippen LogP contribution in [0.4, 0.5) is 0 Å². The summed E-state index contributed by atoms with van der Waals surface area (Å²) in [4.78, 5) is 8.39. The van der Waals surface area contributed by atoms with Crippen LogP contribution < -0.4 is 10.6 Å². The van der Waals surface area contributed by atoms with E-state index in [1.807, 2.05) is 0 Å². The Morgan fingerprint density at radius 1 is 1.00 bits per heavy atom. The predicted molar refractivity (Wildman–Crippen MR) is 57.2 cm³/mol. The van der Waals surface area contributed by atoms with Crippen LogP contribution in [0.5, 0.6) is 0 Å². The van der Waals surface area contributed by atoms with E-state index in [-0.39, 0.29) is 12.2 Å². The number of aliphatic hydroxyl groups is 2. The Hall–Kier alpha value is -1.14. The number of nitrogens with one attached hydrogen (secondary N) is 2. The van der Waals surface area contributed by atoms with Crippen LogP contribution in [0.15, 0.2) is 9.98 Å². The SMILES string of the molecule is OC1CN=C(CC2=NCC(O)CN2)NC1. The molecular formula is C9H16N4O2. The number of aliphatic hydroxyl groups excluding tert-OH is 2. The lowest BCUT2D eigenvalue weighted by Gasteiger charge is -2.22. The van der Waals surface area contributed by atoms with Gasteiger partial charge in [0.15, 0.2) is 0 Å². The summed E-state index contributed by atoms with van der Waals surface area (Å²) in [6.07, 6.45) is -0.131. The summed E-state index contributed by atoms with van der Waals surface area (Å²) in [5, 5.41) is 24.5. The van der Waals surface area contributed by atoms with Crippen molar-refractivity contribution in [3.05, 3.63) is 0 Å². The maximum atomic E-state index is 9.22. The minimum absolute atomic E-state index is 0.378. The Kier molecular flexibility index (Phi) is 3.17. The van der Waals surface area contributed by atoms with Crippen molar-refractivity contribution in [1.82, 2.24) is 10.6 Å². The van der Waals surface area contributed by atoms with E-state index in [2.05, 4.69) is 20.6 Å². The van der Waals surface area contributed by atoms with Gasteiger partial charge in [0.25, 0.3) is 0 Å². The second-order valence-electron chi connectivity index (χ2n) is 3.82. The van der Waals surface area contributed by atoms with Gasteiger partial charge in [-0.25, -0.2) is 0 Å². The molecule has 4 N–H and O–H groups in total. The Bertz CT molecular complexity index is 262. The molecule has 2 aliphatic rings. The monoisotopic (exact) mass is 212 g/mol. The molecule has 0 aromatic rings. The van der Waals surface area contributed by atoms with Crippen LogP contribution in [0.25, 0.3) is 0 Å². The fraction of sp³-hybridized carbons (Fsp3) is 0.778. The molecule has 0 amide bonds. The molecule has 0 aliphatic carbocycles. The summed E-state index contributed by atoms with van der Waals surface area (Å²) in [7, 11) is 0. The minimum atomic E-state index is -0.378. The van der Waals surface area contributed by atoms with Gasteiger partial charge in [-0.2, -0.15) is 0 Å². The number of aliphatic imine (C=N–C) groups is 2. The third-order valence-corrected chi connectivity index (χ3v) is 2.40. The van der Waals surface area contributed by atoms with Gasteiger partial charge in [0, 0.05) is 13.1 Å². The third-order valence-electron chi connectivity index (χ3n) is 2.40. The van der Waals surface area contributed by atoms with E-state index in [1.165, 1.54) is 0 Å².